The van der Waals surface area contributed by atoms with Crippen LogP contribution in [-0.2, 0) is 24.8 Å². The Morgan fingerprint density at radius 1 is 1.23 bits per heavy atom. The third kappa shape index (κ3) is 5.05. The Bertz CT molecular complexity index is 654. The number of hydrogen-bond acceptors (Lipinski definition) is 2. The van der Waals surface area contributed by atoms with E-state index in [1.807, 2.05) is 54.2 Å². The van der Waals surface area contributed by atoms with Crippen molar-refractivity contribution in [3.63, 3.8) is 0 Å². The molecule has 0 unspecified atom stereocenters. The second-order valence-corrected chi connectivity index (χ2v) is 5.61. The van der Waals surface area contributed by atoms with Crippen molar-refractivity contribution in [2.75, 3.05) is 0 Å². The van der Waals surface area contributed by atoms with E-state index in [4.69, 9.17) is 23.8 Å². The molecule has 0 atom stereocenters. The highest BCUT2D eigenvalue weighted by atomic mass is 35.5. The van der Waals surface area contributed by atoms with Crippen molar-refractivity contribution < 1.29 is 4.79 Å². The summed E-state index contributed by atoms with van der Waals surface area (Å²) in [7, 11) is 1.90. The first-order valence-electron chi connectivity index (χ1n) is 6.72. The summed E-state index contributed by atoms with van der Waals surface area (Å²) in [6.45, 7) is 0.552. The number of carbonyl (C=O) groups is 1. The van der Waals surface area contributed by atoms with Gasteiger partial charge < -0.3 is 9.88 Å². The van der Waals surface area contributed by atoms with Crippen LogP contribution in [0, 0.1) is 0 Å². The van der Waals surface area contributed by atoms with Gasteiger partial charge in [0.05, 0.1) is 6.42 Å². The molecule has 116 valence electrons. The molecule has 1 aromatic carbocycles. The number of thiocarbonyl (C=S) groups is 1. The molecular weight excluding hydrogens is 320 g/mol. The molecule has 22 heavy (non-hydrogen) atoms. The van der Waals surface area contributed by atoms with Crippen LogP contribution in [0.5, 0.6) is 0 Å². The SMILES string of the molecule is Cn1cccc1CC(=O)NNC(=S)NCc1ccc(Cl)cc1. The van der Waals surface area contributed by atoms with E-state index in [0.717, 1.165) is 11.3 Å². The zero-order valence-electron chi connectivity index (χ0n) is 12.1. The highest BCUT2D eigenvalue weighted by Crippen LogP contribution is 2.08. The van der Waals surface area contributed by atoms with E-state index in [0.29, 0.717) is 16.7 Å². The molecule has 0 radical (unpaired) electrons. The van der Waals surface area contributed by atoms with Crippen molar-refractivity contribution in [2.24, 2.45) is 7.05 Å². The number of benzene rings is 1. The van der Waals surface area contributed by atoms with Gasteiger partial charge in [-0.15, -0.1) is 0 Å². The minimum Gasteiger partial charge on any atom is -0.357 e. The lowest BCUT2D eigenvalue weighted by Crippen LogP contribution is -2.47. The molecule has 0 spiro atoms. The summed E-state index contributed by atoms with van der Waals surface area (Å²) in [6.07, 6.45) is 2.19. The molecule has 1 heterocycles. The molecule has 0 fully saturated rings. The number of hydrazine groups is 1. The Balaban J connectivity index is 1.70. The second kappa shape index (κ2) is 7.82. The van der Waals surface area contributed by atoms with Gasteiger partial charge in [-0.3, -0.25) is 15.6 Å². The van der Waals surface area contributed by atoms with Crippen LogP contribution in [0.25, 0.3) is 0 Å². The summed E-state index contributed by atoms with van der Waals surface area (Å²) in [5.41, 5.74) is 7.22. The number of aromatic nitrogens is 1. The molecule has 1 amide bonds. The maximum atomic E-state index is 11.8. The quantitative estimate of drug-likeness (QED) is 0.590. The summed E-state index contributed by atoms with van der Waals surface area (Å²) in [5.74, 6) is -0.155. The van der Waals surface area contributed by atoms with Crippen LogP contribution in [0.3, 0.4) is 0 Å². The van der Waals surface area contributed by atoms with Crippen LogP contribution < -0.4 is 16.2 Å². The Kier molecular flexibility index (Phi) is 5.80. The largest absolute Gasteiger partial charge is 0.357 e. The van der Waals surface area contributed by atoms with Gasteiger partial charge in [0.1, 0.15) is 0 Å². The van der Waals surface area contributed by atoms with Crippen LogP contribution >= 0.6 is 23.8 Å². The monoisotopic (exact) mass is 336 g/mol. The van der Waals surface area contributed by atoms with Crippen LogP contribution in [0.1, 0.15) is 11.3 Å². The summed E-state index contributed by atoms with van der Waals surface area (Å²) in [6, 6.07) is 11.2. The van der Waals surface area contributed by atoms with Crippen molar-refractivity contribution in [3.8, 4) is 0 Å². The third-order valence-electron chi connectivity index (χ3n) is 3.07. The van der Waals surface area contributed by atoms with Crippen LogP contribution in [0.4, 0.5) is 0 Å². The molecule has 0 aliphatic carbocycles. The Hall–Kier alpha value is -2.05. The number of carbonyl (C=O) groups excluding carboxylic acids is 1. The molecule has 0 aliphatic rings. The van der Waals surface area contributed by atoms with Crippen LogP contribution in [0.15, 0.2) is 42.6 Å². The Labute approximate surface area is 139 Å². The maximum Gasteiger partial charge on any atom is 0.244 e. The van der Waals surface area contributed by atoms with Gasteiger partial charge in [-0.1, -0.05) is 23.7 Å². The number of nitrogens with zero attached hydrogens (tertiary/aromatic N) is 1. The highest BCUT2D eigenvalue weighted by molar-refractivity contribution is 7.80. The van der Waals surface area contributed by atoms with Crippen molar-refractivity contribution in [1.82, 2.24) is 20.7 Å². The zero-order valence-corrected chi connectivity index (χ0v) is 13.7. The molecular formula is C15H17ClN4OS. The minimum absolute atomic E-state index is 0.155. The average Bonchev–Trinajstić information content (AvgIpc) is 2.90. The van der Waals surface area contributed by atoms with Gasteiger partial charge in [0, 0.05) is 30.5 Å². The van der Waals surface area contributed by atoms with E-state index >= 15 is 0 Å². The first kappa shape index (κ1) is 16.3. The van der Waals surface area contributed by atoms with Gasteiger partial charge in [-0.2, -0.15) is 0 Å². The van der Waals surface area contributed by atoms with Gasteiger partial charge in [-0.05, 0) is 42.0 Å². The lowest BCUT2D eigenvalue weighted by atomic mass is 10.2. The van der Waals surface area contributed by atoms with Crippen molar-refractivity contribution in [3.05, 3.63) is 58.9 Å². The van der Waals surface area contributed by atoms with E-state index in [1.54, 1.807) is 0 Å². The molecule has 0 saturated carbocycles. The lowest BCUT2D eigenvalue weighted by molar-refractivity contribution is -0.121. The number of aryl methyl sites for hydroxylation is 1. The highest BCUT2D eigenvalue weighted by Gasteiger charge is 2.06. The molecule has 7 heteroatoms. The number of halogens is 1. The van der Waals surface area contributed by atoms with Crippen LogP contribution in [-0.4, -0.2) is 15.6 Å². The Morgan fingerprint density at radius 2 is 1.95 bits per heavy atom. The fraction of sp³-hybridized carbons (Fsp3) is 0.200. The first-order chi connectivity index (χ1) is 10.5. The van der Waals surface area contributed by atoms with E-state index < -0.39 is 0 Å². The Morgan fingerprint density at radius 3 is 2.59 bits per heavy atom. The van der Waals surface area contributed by atoms with Crippen molar-refractivity contribution >= 4 is 34.8 Å². The lowest BCUT2D eigenvalue weighted by Gasteiger charge is -2.12. The summed E-state index contributed by atoms with van der Waals surface area (Å²) >= 11 is 10.9. The number of nitrogens with one attached hydrogen (secondary N) is 3. The molecule has 0 bridgehead atoms. The predicted molar refractivity (Wildman–Crippen MR) is 91.3 cm³/mol. The van der Waals surface area contributed by atoms with Gasteiger partial charge >= 0.3 is 0 Å². The first-order valence-corrected chi connectivity index (χ1v) is 7.50. The van der Waals surface area contributed by atoms with E-state index in [-0.39, 0.29) is 12.3 Å². The third-order valence-corrected chi connectivity index (χ3v) is 3.57. The normalized spacial score (nSPS) is 10.1. The van der Waals surface area contributed by atoms with E-state index in [1.165, 1.54) is 0 Å². The van der Waals surface area contributed by atoms with E-state index in [9.17, 15) is 4.79 Å². The second-order valence-electron chi connectivity index (χ2n) is 4.77. The molecule has 2 aromatic rings. The van der Waals surface area contributed by atoms with Gasteiger partial charge in [0.15, 0.2) is 5.11 Å². The van der Waals surface area contributed by atoms with E-state index in [2.05, 4.69) is 16.2 Å². The number of rotatable bonds is 4. The number of amides is 1. The van der Waals surface area contributed by atoms with Crippen LogP contribution in [0.2, 0.25) is 5.02 Å². The summed E-state index contributed by atoms with van der Waals surface area (Å²) < 4.78 is 1.90. The predicted octanol–water partition coefficient (Wildman–Crippen LogP) is 1.92. The standard InChI is InChI=1S/C15H17ClN4OS/c1-20-8-2-3-13(20)9-14(21)18-19-15(22)17-10-11-4-6-12(16)7-5-11/h2-8H,9-10H2,1H3,(H,18,21)(H2,17,19,22). The van der Waals surface area contributed by atoms with Crippen molar-refractivity contribution in [2.45, 2.75) is 13.0 Å². The van der Waals surface area contributed by atoms with Gasteiger partial charge in [0.2, 0.25) is 5.91 Å². The fourth-order valence-corrected chi connectivity index (χ4v) is 2.09. The number of hydrogen-bond donors (Lipinski definition) is 3. The molecule has 2 rings (SSSR count). The molecule has 0 saturated heterocycles. The smallest absolute Gasteiger partial charge is 0.244 e. The molecule has 3 N–H and O–H groups in total. The summed E-state index contributed by atoms with van der Waals surface area (Å²) in [4.78, 5) is 11.8. The van der Waals surface area contributed by atoms with Gasteiger partial charge in [-0.25, -0.2) is 0 Å². The zero-order chi connectivity index (χ0) is 15.9. The maximum absolute atomic E-state index is 11.8. The summed E-state index contributed by atoms with van der Waals surface area (Å²) in [5, 5.41) is 4.05. The molecule has 5 nitrogen and oxygen atoms in total. The van der Waals surface area contributed by atoms with Gasteiger partial charge in [0.25, 0.3) is 0 Å². The minimum atomic E-state index is -0.155. The molecule has 0 aliphatic heterocycles. The molecule has 1 aromatic heterocycles. The average molecular weight is 337 g/mol. The topological polar surface area (TPSA) is 58.1 Å². The van der Waals surface area contributed by atoms with Crippen molar-refractivity contribution in [1.29, 1.82) is 0 Å². The fourth-order valence-electron chi connectivity index (χ4n) is 1.84.